The van der Waals surface area contributed by atoms with Crippen molar-refractivity contribution in [3.05, 3.63) is 60.2 Å². The molecule has 2 aromatic carbocycles. The average Bonchev–Trinajstić information content (AvgIpc) is 2.54. The highest BCUT2D eigenvalue weighted by atomic mass is 16.5. The van der Waals surface area contributed by atoms with E-state index in [1.54, 1.807) is 0 Å². The fraction of sp³-hybridized carbons (Fsp3) is 0.316. The lowest BCUT2D eigenvalue weighted by Crippen LogP contribution is -2.25. The zero-order valence-corrected chi connectivity index (χ0v) is 13.7. The molecule has 0 unspecified atom stereocenters. The molecule has 0 aliphatic heterocycles. The van der Waals surface area contributed by atoms with Crippen molar-refractivity contribution < 1.29 is 9.53 Å². The van der Waals surface area contributed by atoms with Gasteiger partial charge in [0.05, 0.1) is 0 Å². The Bertz CT molecular complexity index is 622. The molecule has 0 heterocycles. The number of rotatable bonds is 7. The molecule has 2 aromatic rings. The molecule has 0 fully saturated rings. The summed E-state index contributed by atoms with van der Waals surface area (Å²) in [7, 11) is 0. The molecule has 4 nitrogen and oxygen atoms in total. The Kier molecular flexibility index (Phi) is 5.77. The summed E-state index contributed by atoms with van der Waals surface area (Å²) in [4.78, 5) is 12.3. The molecule has 1 amide bonds. The topological polar surface area (TPSA) is 64.3 Å². The number of anilines is 1. The first-order valence-electron chi connectivity index (χ1n) is 7.79. The van der Waals surface area contributed by atoms with Crippen LogP contribution in [0.15, 0.2) is 54.6 Å². The number of hydrogen-bond donors (Lipinski definition) is 2. The fourth-order valence-electron chi connectivity index (χ4n) is 2.41. The van der Waals surface area contributed by atoms with E-state index in [1.807, 2.05) is 42.5 Å². The van der Waals surface area contributed by atoms with Crippen LogP contribution in [0.25, 0.3) is 0 Å². The van der Waals surface area contributed by atoms with E-state index in [4.69, 9.17) is 10.5 Å². The molecule has 0 bridgehead atoms. The Labute approximate surface area is 137 Å². The highest BCUT2D eigenvalue weighted by molar-refractivity contribution is 5.91. The summed E-state index contributed by atoms with van der Waals surface area (Å²) in [5.74, 6) is 0.743. The molecule has 3 N–H and O–H groups in total. The fourth-order valence-corrected chi connectivity index (χ4v) is 2.41. The Balaban J connectivity index is 1.94. The van der Waals surface area contributed by atoms with Gasteiger partial charge < -0.3 is 15.8 Å². The molecule has 0 radical (unpaired) electrons. The predicted molar refractivity (Wildman–Crippen MR) is 93.7 cm³/mol. The first kappa shape index (κ1) is 17.0. The molecule has 4 heteroatoms. The van der Waals surface area contributed by atoms with Gasteiger partial charge in [0, 0.05) is 18.7 Å². The predicted octanol–water partition coefficient (Wildman–Crippen LogP) is 3.33. The van der Waals surface area contributed by atoms with Gasteiger partial charge in [0.1, 0.15) is 12.4 Å². The van der Waals surface area contributed by atoms with E-state index in [1.165, 1.54) is 0 Å². The second-order valence-electron chi connectivity index (χ2n) is 6.14. The second kappa shape index (κ2) is 7.79. The van der Waals surface area contributed by atoms with Crippen molar-refractivity contribution >= 4 is 11.6 Å². The van der Waals surface area contributed by atoms with E-state index in [-0.39, 0.29) is 11.3 Å². The molecular formula is C19H24N2O2. The minimum atomic E-state index is -0.213. The van der Waals surface area contributed by atoms with Gasteiger partial charge in [-0.05, 0) is 35.2 Å². The number of benzene rings is 2. The van der Waals surface area contributed by atoms with Crippen LogP contribution in [0.3, 0.4) is 0 Å². The van der Waals surface area contributed by atoms with Crippen molar-refractivity contribution in [2.24, 2.45) is 5.73 Å². The van der Waals surface area contributed by atoms with Crippen LogP contribution in [0.4, 0.5) is 5.69 Å². The van der Waals surface area contributed by atoms with Crippen molar-refractivity contribution in [3.8, 4) is 5.75 Å². The van der Waals surface area contributed by atoms with E-state index in [0.717, 1.165) is 17.0 Å². The van der Waals surface area contributed by atoms with Crippen molar-refractivity contribution in [2.75, 3.05) is 18.5 Å². The molecule has 0 atom stereocenters. The number of nitrogens with one attached hydrogen (secondary N) is 1. The van der Waals surface area contributed by atoms with E-state index >= 15 is 0 Å². The van der Waals surface area contributed by atoms with Crippen LogP contribution in [0.2, 0.25) is 0 Å². The molecule has 122 valence electrons. The van der Waals surface area contributed by atoms with Crippen LogP contribution in [0, 0.1) is 0 Å². The lowest BCUT2D eigenvalue weighted by Gasteiger charge is -2.24. The van der Waals surface area contributed by atoms with Crippen molar-refractivity contribution in [3.63, 3.8) is 0 Å². The average molecular weight is 312 g/mol. The minimum Gasteiger partial charge on any atom is -0.492 e. The summed E-state index contributed by atoms with van der Waals surface area (Å²) in [6.45, 7) is 5.11. The highest BCUT2D eigenvalue weighted by Gasteiger charge is 2.24. The monoisotopic (exact) mass is 312 g/mol. The Morgan fingerprint density at radius 3 is 2.35 bits per heavy atom. The lowest BCUT2D eigenvalue weighted by atomic mass is 9.81. The van der Waals surface area contributed by atoms with Gasteiger partial charge >= 0.3 is 0 Å². The van der Waals surface area contributed by atoms with E-state index in [2.05, 4.69) is 31.3 Å². The maximum absolute atomic E-state index is 12.3. The first-order valence-corrected chi connectivity index (χ1v) is 7.79. The number of hydrogen-bond acceptors (Lipinski definition) is 3. The Hall–Kier alpha value is -2.33. The third kappa shape index (κ3) is 5.11. The molecule has 2 rings (SSSR count). The summed E-state index contributed by atoms with van der Waals surface area (Å²) >= 11 is 0. The van der Waals surface area contributed by atoms with Gasteiger partial charge in [0.15, 0.2) is 0 Å². The van der Waals surface area contributed by atoms with Gasteiger partial charge in [0.2, 0.25) is 5.91 Å². The number of nitrogens with two attached hydrogens (primary N) is 1. The van der Waals surface area contributed by atoms with E-state index < -0.39 is 0 Å². The summed E-state index contributed by atoms with van der Waals surface area (Å²) in [5.41, 5.74) is 7.10. The number of carbonyl (C=O) groups is 1. The van der Waals surface area contributed by atoms with Gasteiger partial charge in [-0.15, -0.1) is 0 Å². The molecule has 0 aliphatic carbocycles. The molecule has 0 aromatic heterocycles. The summed E-state index contributed by atoms with van der Waals surface area (Å²) in [6.07, 6.45) is 0.419. The van der Waals surface area contributed by atoms with Crippen LogP contribution < -0.4 is 15.8 Å². The largest absolute Gasteiger partial charge is 0.492 e. The summed E-state index contributed by atoms with van der Waals surface area (Å²) < 4.78 is 5.42. The molecular weight excluding hydrogens is 288 g/mol. The Morgan fingerprint density at radius 1 is 1.09 bits per heavy atom. The van der Waals surface area contributed by atoms with E-state index in [0.29, 0.717) is 19.6 Å². The zero-order valence-electron chi connectivity index (χ0n) is 13.7. The maximum atomic E-state index is 12.3. The van der Waals surface area contributed by atoms with Gasteiger partial charge in [-0.25, -0.2) is 0 Å². The molecule has 0 spiro atoms. The van der Waals surface area contributed by atoms with Crippen LogP contribution in [-0.4, -0.2) is 19.1 Å². The SMILES string of the molecule is CC(C)(CC(=O)Nc1ccc(OCCN)cc1)c1ccccc1. The number of amides is 1. The quantitative estimate of drug-likeness (QED) is 0.824. The Morgan fingerprint density at radius 2 is 1.74 bits per heavy atom. The maximum Gasteiger partial charge on any atom is 0.225 e. The van der Waals surface area contributed by atoms with Crippen LogP contribution >= 0.6 is 0 Å². The minimum absolute atomic E-state index is 0.00511. The van der Waals surface area contributed by atoms with Gasteiger partial charge in [0.25, 0.3) is 0 Å². The molecule has 23 heavy (non-hydrogen) atoms. The smallest absolute Gasteiger partial charge is 0.225 e. The molecule has 0 saturated heterocycles. The van der Waals surface area contributed by atoms with Crippen LogP contribution in [0.1, 0.15) is 25.8 Å². The standard InChI is InChI=1S/C19H24N2O2/c1-19(2,15-6-4-3-5-7-15)14-18(22)21-16-8-10-17(11-9-16)23-13-12-20/h3-11H,12-14,20H2,1-2H3,(H,21,22). The van der Waals surface area contributed by atoms with Gasteiger partial charge in [-0.3, -0.25) is 4.79 Å². The summed E-state index contributed by atoms with van der Waals surface area (Å²) in [6, 6.07) is 17.4. The summed E-state index contributed by atoms with van der Waals surface area (Å²) in [5, 5.41) is 2.93. The normalized spacial score (nSPS) is 11.1. The van der Waals surface area contributed by atoms with Crippen molar-refractivity contribution in [1.29, 1.82) is 0 Å². The zero-order chi connectivity index (χ0) is 16.7. The first-order chi connectivity index (χ1) is 11.0. The number of ether oxygens (including phenoxy) is 1. The molecule has 0 saturated carbocycles. The van der Waals surface area contributed by atoms with Crippen LogP contribution in [0.5, 0.6) is 5.75 Å². The van der Waals surface area contributed by atoms with E-state index in [9.17, 15) is 4.79 Å². The lowest BCUT2D eigenvalue weighted by molar-refractivity contribution is -0.117. The highest BCUT2D eigenvalue weighted by Crippen LogP contribution is 2.27. The van der Waals surface area contributed by atoms with Gasteiger partial charge in [-0.2, -0.15) is 0 Å². The van der Waals surface area contributed by atoms with Crippen molar-refractivity contribution in [2.45, 2.75) is 25.7 Å². The number of carbonyl (C=O) groups excluding carboxylic acids is 1. The third-order valence-corrected chi connectivity index (χ3v) is 3.68. The third-order valence-electron chi connectivity index (χ3n) is 3.68. The van der Waals surface area contributed by atoms with Crippen molar-refractivity contribution in [1.82, 2.24) is 0 Å². The van der Waals surface area contributed by atoms with Crippen LogP contribution in [-0.2, 0) is 10.2 Å². The van der Waals surface area contributed by atoms with Gasteiger partial charge in [-0.1, -0.05) is 44.2 Å². The molecule has 0 aliphatic rings. The second-order valence-corrected chi connectivity index (χ2v) is 6.14.